The molecule has 0 radical (unpaired) electrons. The van der Waals surface area contributed by atoms with Gasteiger partial charge in [-0.2, -0.15) is 0 Å². The highest BCUT2D eigenvalue weighted by atomic mass is 79.9. The van der Waals surface area contributed by atoms with Crippen molar-refractivity contribution in [2.24, 2.45) is 0 Å². The van der Waals surface area contributed by atoms with Crippen LogP contribution in [0.3, 0.4) is 0 Å². The fourth-order valence-electron chi connectivity index (χ4n) is 1.12. The minimum absolute atomic E-state index is 0.671. The average molecular weight is 258 g/mol. The van der Waals surface area contributed by atoms with E-state index in [1.165, 1.54) is 0 Å². The first-order chi connectivity index (χ1) is 6.31. The van der Waals surface area contributed by atoms with E-state index in [4.69, 9.17) is 11.6 Å². The molecule has 13 heavy (non-hydrogen) atoms. The molecule has 2 aromatic heterocycles. The van der Waals surface area contributed by atoms with Crippen LogP contribution in [-0.4, -0.2) is 9.97 Å². The zero-order valence-electron chi connectivity index (χ0n) is 6.67. The van der Waals surface area contributed by atoms with Gasteiger partial charge in [-0.1, -0.05) is 27.5 Å². The number of alkyl halides is 1. The van der Waals surface area contributed by atoms with Crippen molar-refractivity contribution in [3.8, 4) is 0 Å². The maximum atomic E-state index is 5.98. The van der Waals surface area contributed by atoms with E-state index in [-0.39, 0.29) is 0 Å². The van der Waals surface area contributed by atoms with Gasteiger partial charge < -0.3 is 0 Å². The van der Waals surface area contributed by atoms with Crippen molar-refractivity contribution >= 4 is 38.4 Å². The summed E-state index contributed by atoms with van der Waals surface area (Å²) in [7, 11) is 0. The third-order valence-corrected chi connectivity index (χ3v) is 2.63. The predicted octanol–water partition coefficient (Wildman–Crippen LogP) is 3.18. The Kier molecular flexibility index (Phi) is 2.47. The molecule has 0 amide bonds. The maximum absolute atomic E-state index is 5.98. The predicted molar refractivity (Wildman–Crippen MR) is 57.2 cm³/mol. The molecular formula is C9H6BrClN2. The largest absolute Gasteiger partial charge is 0.264 e. The van der Waals surface area contributed by atoms with Crippen LogP contribution < -0.4 is 0 Å². The van der Waals surface area contributed by atoms with Gasteiger partial charge in [0.25, 0.3) is 0 Å². The highest BCUT2D eigenvalue weighted by Gasteiger charge is 2.02. The third kappa shape index (κ3) is 1.67. The molecule has 0 unspecified atom stereocenters. The third-order valence-electron chi connectivity index (χ3n) is 1.77. The van der Waals surface area contributed by atoms with Crippen LogP contribution in [0.15, 0.2) is 24.5 Å². The molecule has 0 fully saturated rings. The monoisotopic (exact) mass is 256 g/mol. The van der Waals surface area contributed by atoms with Gasteiger partial charge in [0.15, 0.2) is 0 Å². The molecule has 66 valence electrons. The van der Waals surface area contributed by atoms with E-state index in [2.05, 4.69) is 25.9 Å². The van der Waals surface area contributed by atoms with Gasteiger partial charge >= 0.3 is 0 Å². The second kappa shape index (κ2) is 3.60. The molecule has 0 atom stereocenters. The number of rotatable bonds is 1. The molecule has 0 saturated carbocycles. The lowest BCUT2D eigenvalue weighted by Gasteiger charge is -2.01. The summed E-state index contributed by atoms with van der Waals surface area (Å²) in [6, 6.07) is 3.76. The summed E-state index contributed by atoms with van der Waals surface area (Å²) in [5.41, 5.74) is 1.79. The summed E-state index contributed by atoms with van der Waals surface area (Å²) >= 11 is 9.31. The molecule has 0 saturated heterocycles. The van der Waals surface area contributed by atoms with Crippen molar-refractivity contribution in [3.63, 3.8) is 0 Å². The smallest absolute Gasteiger partial charge is 0.0737 e. The van der Waals surface area contributed by atoms with Gasteiger partial charge in [0.05, 0.1) is 16.2 Å². The fraction of sp³-hybridized carbons (Fsp3) is 0.111. The molecule has 0 bridgehead atoms. The Morgan fingerprint density at radius 2 is 2.31 bits per heavy atom. The zero-order chi connectivity index (χ0) is 9.26. The van der Waals surface area contributed by atoms with Crippen LogP contribution in [0.2, 0.25) is 5.02 Å². The van der Waals surface area contributed by atoms with E-state index in [1.807, 2.05) is 12.1 Å². The quantitative estimate of drug-likeness (QED) is 0.733. The highest BCUT2D eigenvalue weighted by Crippen LogP contribution is 2.21. The number of aromatic nitrogens is 2. The van der Waals surface area contributed by atoms with Gasteiger partial charge in [-0.25, -0.2) is 0 Å². The van der Waals surface area contributed by atoms with E-state index in [0.717, 1.165) is 16.6 Å². The van der Waals surface area contributed by atoms with Crippen molar-refractivity contribution in [3.05, 3.63) is 35.2 Å². The van der Waals surface area contributed by atoms with Crippen molar-refractivity contribution in [2.75, 3.05) is 0 Å². The molecular weight excluding hydrogens is 251 g/mol. The molecule has 0 N–H and O–H groups in total. The van der Waals surface area contributed by atoms with Crippen LogP contribution in [0.5, 0.6) is 0 Å². The topological polar surface area (TPSA) is 25.8 Å². The molecule has 0 aromatic carbocycles. The zero-order valence-corrected chi connectivity index (χ0v) is 9.01. The molecule has 2 rings (SSSR count). The first-order valence-electron chi connectivity index (χ1n) is 3.76. The molecule has 2 aromatic rings. The Hall–Kier alpha value is -0.670. The molecule has 4 heteroatoms. The van der Waals surface area contributed by atoms with E-state index < -0.39 is 0 Å². The standard InChI is InChI=1S/C9H6BrClN2/c10-4-9-7(11)3-6-5-12-2-1-8(6)13-9/h1-3,5H,4H2. The van der Waals surface area contributed by atoms with Crippen molar-refractivity contribution in [2.45, 2.75) is 5.33 Å². The van der Waals surface area contributed by atoms with Crippen LogP contribution >= 0.6 is 27.5 Å². The number of nitrogens with zero attached hydrogens (tertiary/aromatic N) is 2. The first-order valence-corrected chi connectivity index (χ1v) is 5.26. The van der Waals surface area contributed by atoms with Crippen LogP contribution in [0.4, 0.5) is 0 Å². The number of pyridine rings is 2. The summed E-state index contributed by atoms with van der Waals surface area (Å²) in [5.74, 6) is 0. The molecule has 0 aliphatic rings. The van der Waals surface area contributed by atoms with Gasteiger partial charge in [0.1, 0.15) is 0 Å². The van der Waals surface area contributed by atoms with Gasteiger partial charge in [0, 0.05) is 23.1 Å². The number of fused-ring (bicyclic) bond motifs is 1. The van der Waals surface area contributed by atoms with Crippen LogP contribution in [-0.2, 0) is 5.33 Å². The van der Waals surface area contributed by atoms with E-state index in [9.17, 15) is 0 Å². The van der Waals surface area contributed by atoms with Gasteiger partial charge in [-0.05, 0) is 12.1 Å². The summed E-state index contributed by atoms with van der Waals surface area (Å²) in [5, 5.41) is 2.32. The lowest BCUT2D eigenvalue weighted by atomic mass is 10.2. The molecule has 0 spiro atoms. The number of hydrogen-bond acceptors (Lipinski definition) is 2. The highest BCUT2D eigenvalue weighted by molar-refractivity contribution is 9.08. The second-order valence-electron chi connectivity index (χ2n) is 2.62. The maximum Gasteiger partial charge on any atom is 0.0737 e. The van der Waals surface area contributed by atoms with E-state index >= 15 is 0 Å². The molecule has 0 aliphatic carbocycles. The SMILES string of the molecule is Clc1cc2cnccc2nc1CBr. The summed E-state index contributed by atoms with van der Waals surface area (Å²) < 4.78 is 0. The minimum Gasteiger partial charge on any atom is -0.264 e. The van der Waals surface area contributed by atoms with Crippen LogP contribution in [0.1, 0.15) is 5.69 Å². The Morgan fingerprint density at radius 3 is 3.08 bits per heavy atom. The normalized spacial score (nSPS) is 10.6. The summed E-state index contributed by atoms with van der Waals surface area (Å²) in [4.78, 5) is 8.37. The Morgan fingerprint density at radius 1 is 1.46 bits per heavy atom. The first kappa shape index (κ1) is 8.91. The second-order valence-corrected chi connectivity index (χ2v) is 3.59. The molecule has 2 heterocycles. The summed E-state index contributed by atoms with van der Waals surface area (Å²) in [6.07, 6.45) is 3.48. The average Bonchev–Trinajstić information content (AvgIpc) is 2.17. The molecule has 2 nitrogen and oxygen atoms in total. The fourth-order valence-corrected chi connectivity index (χ4v) is 1.94. The van der Waals surface area contributed by atoms with Crippen LogP contribution in [0.25, 0.3) is 10.9 Å². The van der Waals surface area contributed by atoms with E-state index in [1.54, 1.807) is 12.4 Å². The Bertz CT molecular complexity index is 445. The Balaban J connectivity index is 2.74. The Labute approximate surface area is 89.1 Å². The van der Waals surface area contributed by atoms with Gasteiger partial charge in [0.2, 0.25) is 0 Å². The van der Waals surface area contributed by atoms with Crippen molar-refractivity contribution in [1.29, 1.82) is 0 Å². The lowest BCUT2D eigenvalue weighted by molar-refractivity contribution is 1.22. The van der Waals surface area contributed by atoms with Crippen LogP contribution in [0, 0.1) is 0 Å². The minimum atomic E-state index is 0.671. The van der Waals surface area contributed by atoms with Gasteiger partial charge in [-0.15, -0.1) is 0 Å². The van der Waals surface area contributed by atoms with E-state index in [0.29, 0.717) is 10.4 Å². The number of halogens is 2. The van der Waals surface area contributed by atoms with Gasteiger partial charge in [-0.3, -0.25) is 9.97 Å². The number of hydrogen-bond donors (Lipinski definition) is 0. The van der Waals surface area contributed by atoms with Crippen molar-refractivity contribution in [1.82, 2.24) is 9.97 Å². The molecule has 0 aliphatic heterocycles. The summed E-state index contributed by atoms with van der Waals surface area (Å²) in [6.45, 7) is 0. The van der Waals surface area contributed by atoms with Crippen molar-refractivity contribution < 1.29 is 0 Å². The lowest BCUT2D eigenvalue weighted by Crippen LogP contribution is -1.88.